The molecule has 6 nitrogen and oxygen atoms in total. The zero-order chi connectivity index (χ0) is 16.1. The van der Waals surface area contributed by atoms with Crippen LogP contribution in [0.15, 0.2) is 22.7 Å². The number of rotatable bonds is 6. The third-order valence-electron chi connectivity index (χ3n) is 3.08. The van der Waals surface area contributed by atoms with Gasteiger partial charge in [0.25, 0.3) is 0 Å². The zero-order valence-electron chi connectivity index (χ0n) is 13.1. The third kappa shape index (κ3) is 3.05. The quantitative estimate of drug-likeness (QED) is 0.763. The largest absolute Gasteiger partial charge is 0.493 e. The van der Waals surface area contributed by atoms with Crippen molar-refractivity contribution in [1.82, 2.24) is 5.16 Å². The van der Waals surface area contributed by atoms with Crippen LogP contribution in [0.2, 0.25) is 0 Å². The molecule has 6 heteroatoms. The Morgan fingerprint density at radius 1 is 1.23 bits per heavy atom. The van der Waals surface area contributed by atoms with E-state index in [0.29, 0.717) is 40.7 Å². The number of benzene rings is 1. The fourth-order valence-corrected chi connectivity index (χ4v) is 2.11. The van der Waals surface area contributed by atoms with E-state index in [-0.39, 0.29) is 6.61 Å². The summed E-state index contributed by atoms with van der Waals surface area (Å²) in [6.07, 6.45) is 0. The van der Waals surface area contributed by atoms with Gasteiger partial charge >= 0.3 is 5.97 Å². The summed E-state index contributed by atoms with van der Waals surface area (Å²) in [5.74, 6) is 1.16. The van der Waals surface area contributed by atoms with E-state index in [1.807, 2.05) is 6.92 Å². The molecule has 0 N–H and O–H groups in total. The van der Waals surface area contributed by atoms with Crippen LogP contribution >= 0.6 is 0 Å². The molecular weight excluding hydrogens is 286 g/mol. The van der Waals surface area contributed by atoms with E-state index >= 15 is 0 Å². The number of ether oxygens (including phenoxy) is 3. The van der Waals surface area contributed by atoms with E-state index in [0.717, 1.165) is 0 Å². The predicted octanol–water partition coefficient (Wildman–Crippen LogP) is 3.23. The molecule has 2 rings (SSSR count). The van der Waals surface area contributed by atoms with Crippen molar-refractivity contribution in [2.75, 3.05) is 20.3 Å². The van der Waals surface area contributed by atoms with Crippen LogP contribution in [0, 0.1) is 6.92 Å². The number of hydrogen-bond donors (Lipinski definition) is 0. The van der Waals surface area contributed by atoms with Crippen LogP contribution in [-0.2, 0) is 4.74 Å². The first-order valence-corrected chi connectivity index (χ1v) is 7.06. The third-order valence-corrected chi connectivity index (χ3v) is 3.08. The molecule has 1 aromatic carbocycles. The highest BCUT2D eigenvalue weighted by Crippen LogP contribution is 2.34. The first-order chi connectivity index (χ1) is 10.6. The average molecular weight is 305 g/mol. The van der Waals surface area contributed by atoms with Crippen LogP contribution < -0.4 is 9.47 Å². The Morgan fingerprint density at radius 3 is 2.64 bits per heavy atom. The van der Waals surface area contributed by atoms with Gasteiger partial charge in [0.2, 0.25) is 0 Å². The van der Waals surface area contributed by atoms with Gasteiger partial charge in [-0.25, -0.2) is 4.79 Å². The van der Waals surface area contributed by atoms with Crippen LogP contribution in [0.5, 0.6) is 11.5 Å². The van der Waals surface area contributed by atoms with Crippen molar-refractivity contribution in [1.29, 1.82) is 0 Å². The Balaban J connectivity index is 2.48. The lowest BCUT2D eigenvalue weighted by atomic mass is 10.1. The van der Waals surface area contributed by atoms with Gasteiger partial charge in [0.1, 0.15) is 17.0 Å². The molecule has 0 fully saturated rings. The van der Waals surface area contributed by atoms with Crippen molar-refractivity contribution in [3.05, 3.63) is 29.5 Å². The lowest BCUT2D eigenvalue weighted by Crippen LogP contribution is -2.06. The molecule has 0 aliphatic carbocycles. The minimum Gasteiger partial charge on any atom is -0.493 e. The van der Waals surface area contributed by atoms with Gasteiger partial charge in [-0.2, -0.15) is 0 Å². The van der Waals surface area contributed by atoms with Gasteiger partial charge in [0, 0.05) is 5.56 Å². The minimum absolute atomic E-state index is 0.287. The maximum atomic E-state index is 12.1. The first-order valence-electron chi connectivity index (χ1n) is 7.06. The standard InChI is InChI=1S/C16H19NO5/c1-5-20-13-9-11(7-8-12(13)19-4)15-14(10(3)22-17-15)16(18)21-6-2/h7-9H,5-6H2,1-4H3. The molecule has 0 aliphatic heterocycles. The summed E-state index contributed by atoms with van der Waals surface area (Å²) in [5, 5.41) is 3.97. The van der Waals surface area contributed by atoms with Crippen molar-refractivity contribution in [2.24, 2.45) is 0 Å². The summed E-state index contributed by atoms with van der Waals surface area (Å²) < 4.78 is 21.0. The van der Waals surface area contributed by atoms with E-state index in [1.54, 1.807) is 39.2 Å². The Bertz CT molecular complexity index is 663. The van der Waals surface area contributed by atoms with E-state index < -0.39 is 5.97 Å². The van der Waals surface area contributed by atoms with Gasteiger partial charge in [0.05, 0.1) is 20.3 Å². The van der Waals surface area contributed by atoms with Gasteiger partial charge in [0.15, 0.2) is 11.5 Å². The van der Waals surface area contributed by atoms with Crippen LogP contribution in [0.25, 0.3) is 11.3 Å². The van der Waals surface area contributed by atoms with Crippen molar-refractivity contribution >= 4 is 5.97 Å². The minimum atomic E-state index is -0.454. The average Bonchev–Trinajstić information content (AvgIpc) is 2.89. The second kappa shape index (κ2) is 6.98. The van der Waals surface area contributed by atoms with Gasteiger partial charge in [-0.15, -0.1) is 0 Å². The lowest BCUT2D eigenvalue weighted by Gasteiger charge is -2.10. The molecular formula is C16H19NO5. The fraction of sp³-hybridized carbons (Fsp3) is 0.375. The fourth-order valence-electron chi connectivity index (χ4n) is 2.11. The van der Waals surface area contributed by atoms with Crippen LogP contribution in [-0.4, -0.2) is 31.4 Å². The summed E-state index contributed by atoms with van der Waals surface area (Å²) in [5.41, 5.74) is 1.46. The molecule has 2 aromatic rings. The molecule has 0 atom stereocenters. The SMILES string of the molecule is CCOC(=O)c1c(-c2ccc(OC)c(OCC)c2)noc1C. The number of carbonyl (C=O) groups excluding carboxylic acids is 1. The molecule has 0 bridgehead atoms. The van der Waals surface area contributed by atoms with Crippen LogP contribution in [0.3, 0.4) is 0 Å². The Kier molecular flexibility index (Phi) is 5.04. The number of hydrogen-bond acceptors (Lipinski definition) is 6. The first kappa shape index (κ1) is 15.9. The molecule has 118 valence electrons. The van der Waals surface area contributed by atoms with Crippen molar-refractivity contribution in [3.63, 3.8) is 0 Å². The lowest BCUT2D eigenvalue weighted by molar-refractivity contribution is 0.0525. The molecule has 22 heavy (non-hydrogen) atoms. The second-order valence-corrected chi connectivity index (χ2v) is 4.48. The molecule has 0 spiro atoms. The van der Waals surface area contributed by atoms with E-state index in [4.69, 9.17) is 18.7 Å². The molecule has 0 saturated carbocycles. The molecule has 0 radical (unpaired) electrons. The van der Waals surface area contributed by atoms with Crippen LogP contribution in [0.1, 0.15) is 30.0 Å². The maximum Gasteiger partial charge on any atom is 0.344 e. The maximum absolute atomic E-state index is 12.1. The summed E-state index contributed by atoms with van der Waals surface area (Å²) in [7, 11) is 1.57. The highest BCUT2D eigenvalue weighted by Gasteiger charge is 2.23. The second-order valence-electron chi connectivity index (χ2n) is 4.48. The number of methoxy groups -OCH3 is 1. The zero-order valence-corrected chi connectivity index (χ0v) is 13.1. The summed E-state index contributed by atoms with van der Waals surface area (Å²) >= 11 is 0. The van der Waals surface area contributed by atoms with Gasteiger partial charge < -0.3 is 18.7 Å². The number of esters is 1. The monoisotopic (exact) mass is 305 g/mol. The highest BCUT2D eigenvalue weighted by molar-refractivity contribution is 5.97. The summed E-state index contributed by atoms with van der Waals surface area (Å²) in [4.78, 5) is 12.1. The molecule has 0 unspecified atom stereocenters. The smallest absolute Gasteiger partial charge is 0.344 e. The number of aromatic nitrogens is 1. The normalized spacial score (nSPS) is 10.4. The van der Waals surface area contributed by atoms with E-state index in [2.05, 4.69) is 5.16 Å². The Hall–Kier alpha value is -2.50. The van der Waals surface area contributed by atoms with E-state index in [9.17, 15) is 4.79 Å². The molecule has 0 saturated heterocycles. The molecule has 1 aromatic heterocycles. The Labute approximate surface area is 129 Å². The molecule has 1 heterocycles. The van der Waals surface area contributed by atoms with Gasteiger partial charge in [-0.1, -0.05) is 5.16 Å². The molecule has 0 aliphatic rings. The highest BCUT2D eigenvalue weighted by atomic mass is 16.5. The van der Waals surface area contributed by atoms with Crippen molar-refractivity contribution in [3.8, 4) is 22.8 Å². The molecule has 0 amide bonds. The van der Waals surface area contributed by atoms with Crippen LogP contribution in [0.4, 0.5) is 0 Å². The topological polar surface area (TPSA) is 70.8 Å². The van der Waals surface area contributed by atoms with Gasteiger partial charge in [-0.05, 0) is 39.0 Å². The van der Waals surface area contributed by atoms with Crippen molar-refractivity contribution in [2.45, 2.75) is 20.8 Å². The number of nitrogens with zero attached hydrogens (tertiary/aromatic N) is 1. The number of aryl methyl sites for hydroxylation is 1. The Morgan fingerprint density at radius 2 is 2.00 bits per heavy atom. The van der Waals surface area contributed by atoms with Crippen molar-refractivity contribution < 1.29 is 23.5 Å². The van der Waals surface area contributed by atoms with Gasteiger partial charge in [-0.3, -0.25) is 0 Å². The summed E-state index contributed by atoms with van der Waals surface area (Å²) in [6.45, 7) is 6.10. The van der Waals surface area contributed by atoms with E-state index in [1.165, 1.54) is 0 Å². The number of carbonyl (C=O) groups is 1. The summed E-state index contributed by atoms with van der Waals surface area (Å²) in [6, 6.07) is 5.32. The predicted molar refractivity (Wildman–Crippen MR) is 80.4 cm³/mol.